The third-order valence-electron chi connectivity index (χ3n) is 3.82. The van der Waals surface area contributed by atoms with Crippen LogP contribution in [0.25, 0.3) is 0 Å². The van der Waals surface area contributed by atoms with Crippen molar-refractivity contribution in [2.75, 3.05) is 20.2 Å². The zero-order valence-corrected chi connectivity index (χ0v) is 11.8. The highest BCUT2D eigenvalue weighted by atomic mass is 16.5. The number of carbonyl (C=O) groups excluding carboxylic acids is 1. The molecule has 0 bridgehead atoms. The van der Waals surface area contributed by atoms with Gasteiger partial charge in [-0.2, -0.15) is 0 Å². The van der Waals surface area contributed by atoms with E-state index >= 15 is 0 Å². The highest BCUT2D eigenvalue weighted by Crippen LogP contribution is 2.29. The number of phenols is 1. The molecule has 0 heterocycles. The second-order valence-corrected chi connectivity index (χ2v) is 5.11. The van der Waals surface area contributed by atoms with Crippen LogP contribution in [0.2, 0.25) is 0 Å². The molecule has 2 rings (SSSR count). The van der Waals surface area contributed by atoms with E-state index in [1.165, 1.54) is 13.2 Å². The minimum absolute atomic E-state index is 0.0162. The number of carbonyl (C=O) groups is 1. The number of rotatable bonds is 5. The van der Waals surface area contributed by atoms with Crippen LogP contribution >= 0.6 is 0 Å². The lowest BCUT2D eigenvalue weighted by atomic mass is 10.1. The minimum atomic E-state index is -0.0692. The molecule has 0 saturated heterocycles. The maximum atomic E-state index is 12.6. The second kappa shape index (κ2) is 6.61. The van der Waals surface area contributed by atoms with Crippen molar-refractivity contribution >= 4 is 5.91 Å². The van der Waals surface area contributed by atoms with Crippen LogP contribution < -0.4 is 10.5 Å². The average Bonchev–Trinajstić information content (AvgIpc) is 2.97. The Hall–Kier alpha value is -1.75. The standard InChI is InChI=1S/C15H22N2O3/c1-20-14-7-6-11(10-13(14)18)15(19)17(9-8-16)12-4-2-3-5-12/h6-7,10,12,18H,2-5,8-9,16H2,1H3. The first-order valence-corrected chi connectivity index (χ1v) is 7.05. The van der Waals surface area contributed by atoms with E-state index in [-0.39, 0.29) is 17.7 Å². The Morgan fingerprint density at radius 2 is 2.15 bits per heavy atom. The topological polar surface area (TPSA) is 75.8 Å². The highest BCUT2D eigenvalue weighted by Gasteiger charge is 2.27. The van der Waals surface area contributed by atoms with Gasteiger partial charge in [-0.15, -0.1) is 0 Å². The van der Waals surface area contributed by atoms with Crippen LogP contribution in [0.3, 0.4) is 0 Å². The first-order valence-electron chi connectivity index (χ1n) is 7.05. The Morgan fingerprint density at radius 3 is 2.70 bits per heavy atom. The van der Waals surface area contributed by atoms with Gasteiger partial charge in [0, 0.05) is 24.7 Å². The Morgan fingerprint density at radius 1 is 1.45 bits per heavy atom. The van der Waals surface area contributed by atoms with Crippen LogP contribution in [0.4, 0.5) is 0 Å². The molecule has 0 aromatic heterocycles. The molecule has 0 atom stereocenters. The fourth-order valence-corrected chi connectivity index (χ4v) is 2.79. The fourth-order valence-electron chi connectivity index (χ4n) is 2.79. The molecule has 5 heteroatoms. The summed E-state index contributed by atoms with van der Waals surface area (Å²) in [5.74, 6) is 0.283. The maximum Gasteiger partial charge on any atom is 0.254 e. The summed E-state index contributed by atoms with van der Waals surface area (Å²) in [6, 6.07) is 5.02. The summed E-state index contributed by atoms with van der Waals surface area (Å²) in [7, 11) is 1.48. The molecule has 0 unspecified atom stereocenters. The predicted octanol–water partition coefficient (Wildman–Crippen LogP) is 1.74. The molecule has 1 amide bonds. The van der Waals surface area contributed by atoms with Crippen molar-refractivity contribution in [2.24, 2.45) is 5.73 Å². The molecule has 1 aliphatic carbocycles. The van der Waals surface area contributed by atoms with Crippen molar-refractivity contribution < 1.29 is 14.6 Å². The Kier molecular flexibility index (Phi) is 4.84. The molecular formula is C15H22N2O3. The summed E-state index contributed by atoms with van der Waals surface area (Å²) in [5.41, 5.74) is 6.10. The number of amides is 1. The summed E-state index contributed by atoms with van der Waals surface area (Å²) >= 11 is 0. The molecule has 0 radical (unpaired) electrons. The van der Waals surface area contributed by atoms with E-state index in [1.807, 2.05) is 4.90 Å². The van der Waals surface area contributed by atoms with Gasteiger partial charge in [-0.3, -0.25) is 4.79 Å². The van der Waals surface area contributed by atoms with Crippen molar-refractivity contribution in [3.05, 3.63) is 23.8 Å². The van der Waals surface area contributed by atoms with Gasteiger partial charge in [-0.05, 0) is 31.0 Å². The molecule has 1 fully saturated rings. The molecule has 0 aliphatic heterocycles. The van der Waals surface area contributed by atoms with Gasteiger partial charge in [-0.1, -0.05) is 12.8 Å². The number of benzene rings is 1. The summed E-state index contributed by atoms with van der Waals surface area (Å²) in [5, 5.41) is 9.80. The van der Waals surface area contributed by atoms with Gasteiger partial charge in [0.25, 0.3) is 5.91 Å². The van der Waals surface area contributed by atoms with Crippen LogP contribution in [-0.2, 0) is 0 Å². The highest BCUT2D eigenvalue weighted by molar-refractivity contribution is 5.95. The summed E-state index contributed by atoms with van der Waals surface area (Å²) in [6.45, 7) is 1.00. The van der Waals surface area contributed by atoms with E-state index in [9.17, 15) is 9.90 Å². The monoisotopic (exact) mass is 278 g/mol. The molecule has 1 aliphatic rings. The van der Waals surface area contributed by atoms with Crippen LogP contribution in [-0.4, -0.2) is 42.2 Å². The van der Waals surface area contributed by atoms with Gasteiger partial charge in [-0.25, -0.2) is 0 Å². The number of hydrogen-bond acceptors (Lipinski definition) is 4. The number of phenolic OH excluding ortho intramolecular Hbond substituents is 1. The first-order chi connectivity index (χ1) is 9.67. The third kappa shape index (κ3) is 3.04. The van der Waals surface area contributed by atoms with E-state index < -0.39 is 0 Å². The lowest BCUT2D eigenvalue weighted by molar-refractivity contribution is 0.0687. The quantitative estimate of drug-likeness (QED) is 0.860. The minimum Gasteiger partial charge on any atom is -0.504 e. The van der Waals surface area contributed by atoms with E-state index in [0.29, 0.717) is 24.4 Å². The van der Waals surface area contributed by atoms with Crippen LogP contribution in [0.1, 0.15) is 36.0 Å². The van der Waals surface area contributed by atoms with Gasteiger partial charge in [0.05, 0.1) is 7.11 Å². The molecule has 1 aromatic carbocycles. The van der Waals surface area contributed by atoms with E-state index in [0.717, 1.165) is 25.7 Å². The van der Waals surface area contributed by atoms with Crippen LogP contribution in [0, 0.1) is 0 Å². The molecular weight excluding hydrogens is 256 g/mol. The molecule has 0 spiro atoms. The molecule has 20 heavy (non-hydrogen) atoms. The van der Waals surface area contributed by atoms with Crippen molar-refractivity contribution in [2.45, 2.75) is 31.7 Å². The first kappa shape index (κ1) is 14.7. The maximum absolute atomic E-state index is 12.6. The SMILES string of the molecule is COc1ccc(C(=O)N(CCN)C2CCCC2)cc1O. The van der Waals surface area contributed by atoms with Crippen molar-refractivity contribution in [3.63, 3.8) is 0 Å². The number of nitrogens with two attached hydrogens (primary N) is 1. The van der Waals surface area contributed by atoms with Gasteiger partial charge < -0.3 is 20.5 Å². The molecule has 1 aromatic rings. The molecule has 3 N–H and O–H groups in total. The second-order valence-electron chi connectivity index (χ2n) is 5.11. The van der Waals surface area contributed by atoms with E-state index in [1.54, 1.807) is 12.1 Å². The average molecular weight is 278 g/mol. The largest absolute Gasteiger partial charge is 0.504 e. The number of aromatic hydroxyl groups is 1. The third-order valence-corrected chi connectivity index (χ3v) is 3.82. The van der Waals surface area contributed by atoms with Crippen LogP contribution in [0.15, 0.2) is 18.2 Å². The summed E-state index contributed by atoms with van der Waals surface area (Å²) < 4.78 is 4.99. The van der Waals surface area contributed by atoms with Crippen molar-refractivity contribution in [3.8, 4) is 11.5 Å². The van der Waals surface area contributed by atoms with Crippen molar-refractivity contribution in [1.82, 2.24) is 4.90 Å². The summed E-state index contributed by atoms with van der Waals surface area (Å²) in [6.07, 6.45) is 4.39. The number of nitrogens with zero attached hydrogens (tertiary/aromatic N) is 1. The number of methoxy groups -OCH3 is 1. The summed E-state index contributed by atoms with van der Waals surface area (Å²) in [4.78, 5) is 14.4. The predicted molar refractivity (Wildman–Crippen MR) is 77.0 cm³/mol. The van der Waals surface area contributed by atoms with E-state index in [2.05, 4.69) is 0 Å². The smallest absolute Gasteiger partial charge is 0.254 e. The molecule has 1 saturated carbocycles. The number of ether oxygens (including phenoxy) is 1. The zero-order valence-electron chi connectivity index (χ0n) is 11.8. The van der Waals surface area contributed by atoms with E-state index in [4.69, 9.17) is 10.5 Å². The lowest BCUT2D eigenvalue weighted by Crippen LogP contribution is -2.41. The lowest BCUT2D eigenvalue weighted by Gasteiger charge is -2.28. The number of hydrogen-bond donors (Lipinski definition) is 2. The Bertz CT molecular complexity index is 470. The Balaban J connectivity index is 2.20. The molecule has 5 nitrogen and oxygen atoms in total. The van der Waals surface area contributed by atoms with Gasteiger partial charge in [0.2, 0.25) is 0 Å². The van der Waals surface area contributed by atoms with Crippen molar-refractivity contribution in [1.29, 1.82) is 0 Å². The fraction of sp³-hybridized carbons (Fsp3) is 0.533. The Labute approximate surface area is 119 Å². The molecule has 110 valence electrons. The van der Waals surface area contributed by atoms with Gasteiger partial charge in [0.15, 0.2) is 11.5 Å². The van der Waals surface area contributed by atoms with Crippen LogP contribution in [0.5, 0.6) is 11.5 Å². The van der Waals surface area contributed by atoms with Gasteiger partial charge in [0.1, 0.15) is 0 Å². The van der Waals surface area contributed by atoms with Gasteiger partial charge >= 0.3 is 0 Å². The zero-order chi connectivity index (χ0) is 14.5. The normalized spacial score (nSPS) is 15.3.